The maximum absolute atomic E-state index is 14.1. The van der Waals surface area contributed by atoms with Gasteiger partial charge in [-0.05, 0) is 25.1 Å². The van der Waals surface area contributed by atoms with Gasteiger partial charge in [0.15, 0.2) is 11.5 Å². The number of hydrogen-bond donors (Lipinski definition) is 1. The Bertz CT molecular complexity index is 1520. The van der Waals surface area contributed by atoms with Crippen molar-refractivity contribution in [3.63, 3.8) is 0 Å². The molecule has 5 heterocycles. The number of carbonyl (C=O) groups excluding carboxylic acids is 1. The van der Waals surface area contributed by atoms with Gasteiger partial charge in [-0.1, -0.05) is 17.7 Å². The Morgan fingerprint density at radius 1 is 1.06 bits per heavy atom. The van der Waals surface area contributed by atoms with E-state index in [1.54, 1.807) is 19.1 Å². The third-order valence-electron chi connectivity index (χ3n) is 4.87. The summed E-state index contributed by atoms with van der Waals surface area (Å²) in [6.45, 7) is 1.70. The molecule has 172 valence electrons. The summed E-state index contributed by atoms with van der Waals surface area (Å²) in [6.07, 6.45) is 1.59. The number of anilines is 1. The number of fused-ring (bicyclic) bond motifs is 1. The fourth-order valence-corrected chi connectivity index (χ4v) is 3.70. The lowest BCUT2D eigenvalue weighted by Gasteiger charge is -2.14. The second-order valence-corrected chi connectivity index (χ2v) is 7.50. The molecule has 14 heteroatoms. The molecule has 0 atom stereocenters. The average Bonchev–Trinajstić information content (AvgIpc) is 3.53. The van der Waals surface area contributed by atoms with Crippen molar-refractivity contribution < 1.29 is 18.0 Å². The number of hydrogen-bond acceptors (Lipinski definition) is 6. The number of rotatable bonds is 4. The molecule has 0 fully saturated rings. The lowest BCUT2D eigenvalue weighted by molar-refractivity contribution is -0.143. The zero-order chi connectivity index (χ0) is 24.0. The molecule has 1 N–H and O–H groups in total. The summed E-state index contributed by atoms with van der Waals surface area (Å²) in [5, 5.41) is 14.2. The van der Waals surface area contributed by atoms with E-state index in [2.05, 4.69) is 30.6 Å². The summed E-state index contributed by atoms with van der Waals surface area (Å²) < 4.78 is 44.5. The Morgan fingerprint density at radius 2 is 1.82 bits per heavy atom. The van der Waals surface area contributed by atoms with Gasteiger partial charge in [0.05, 0.1) is 41.1 Å². The van der Waals surface area contributed by atoms with E-state index in [1.165, 1.54) is 46.1 Å². The zero-order valence-corrected chi connectivity index (χ0v) is 17.9. The molecule has 0 unspecified atom stereocenters. The van der Waals surface area contributed by atoms with Gasteiger partial charge >= 0.3 is 6.18 Å². The minimum Gasteiger partial charge on any atom is -0.320 e. The van der Waals surface area contributed by atoms with Crippen molar-refractivity contribution in [3.05, 3.63) is 77.2 Å². The number of carbonyl (C=O) groups is 1. The van der Waals surface area contributed by atoms with Gasteiger partial charge in [0.1, 0.15) is 11.5 Å². The van der Waals surface area contributed by atoms with Crippen LogP contribution in [0, 0.1) is 6.92 Å². The van der Waals surface area contributed by atoms with Crippen molar-refractivity contribution in [3.8, 4) is 11.6 Å². The predicted octanol–water partition coefficient (Wildman–Crippen LogP) is 3.73. The molecule has 5 aromatic rings. The first-order valence-electron chi connectivity index (χ1n) is 9.66. The molecular weight excluding hydrogens is 475 g/mol. The molecule has 10 nitrogen and oxygen atoms in total. The van der Waals surface area contributed by atoms with Crippen molar-refractivity contribution in [2.75, 3.05) is 5.32 Å². The van der Waals surface area contributed by atoms with Crippen LogP contribution >= 0.6 is 11.6 Å². The van der Waals surface area contributed by atoms with Crippen LogP contribution in [0.3, 0.4) is 0 Å². The van der Waals surface area contributed by atoms with Crippen LogP contribution in [0.4, 0.5) is 18.9 Å². The van der Waals surface area contributed by atoms with E-state index in [0.717, 1.165) is 6.20 Å². The minimum atomic E-state index is -4.88. The molecule has 0 aliphatic heterocycles. The van der Waals surface area contributed by atoms with Gasteiger partial charge in [0, 0.05) is 11.9 Å². The number of nitrogens with zero attached hydrogens (tertiary/aromatic N) is 8. The van der Waals surface area contributed by atoms with Crippen molar-refractivity contribution in [2.45, 2.75) is 13.1 Å². The van der Waals surface area contributed by atoms with Crippen molar-refractivity contribution in [1.29, 1.82) is 0 Å². The Labute approximate surface area is 193 Å². The summed E-state index contributed by atoms with van der Waals surface area (Å²) in [5.41, 5.74) is -0.776. The lowest BCUT2D eigenvalue weighted by atomic mass is 10.2. The summed E-state index contributed by atoms with van der Waals surface area (Å²) in [5.74, 6) is -0.757. The van der Waals surface area contributed by atoms with Crippen LogP contribution in [0.1, 0.15) is 21.7 Å². The first-order valence-corrected chi connectivity index (χ1v) is 10.0. The number of imidazole rings is 1. The highest BCUT2D eigenvalue weighted by Crippen LogP contribution is 2.34. The van der Waals surface area contributed by atoms with Crippen molar-refractivity contribution >= 4 is 28.8 Å². The van der Waals surface area contributed by atoms with Crippen LogP contribution in [-0.4, -0.2) is 45.1 Å². The van der Waals surface area contributed by atoms with Crippen LogP contribution in [-0.2, 0) is 6.18 Å². The molecule has 1 amide bonds. The first-order chi connectivity index (χ1) is 16.2. The topological polar surface area (TPSA) is 108 Å². The maximum Gasteiger partial charge on any atom is 0.434 e. The quantitative estimate of drug-likeness (QED) is 0.414. The van der Waals surface area contributed by atoms with E-state index < -0.39 is 23.3 Å². The SMILES string of the molecule is Cc1cnc2cccc(-n3ncc(C(=O)Nc4cnc(-n5nccn5)c(Cl)c4)c3C(F)(F)F)n12. The number of halogens is 4. The number of aromatic nitrogens is 8. The van der Waals surface area contributed by atoms with Gasteiger partial charge in [0.2, 0.25) is 0 Å². The summed E-state index contributed by atoms with van der Waals surface area (Å²) in [6, 6.07) is 6.00. The molecule has 0 aliphatic carbocycles. The number of amides is 1. The van der Waals surface area contributed by atoms with E-state index in [0.29, 0.717) is 16.0 Å². The van der Waals surface area contributed by atoms with E-state index in [1.807, 2.05) is 0 Å². The van der Waals surface area contributed by atoms with E-state index in [4.69, 9.17) is 11.6 Å². The minimum absolute atomic E-state index is 0.0827. The van der Waals surface area contributed by atoms with Crippen LogP contribution < -0.4 is 5.32 Å². The third kappa shape index (κ3) is 3.65. The highest BCUT2D eigenvalue weighted by atomic mass is 35.5. The van der Waals surface area contributed by atoms with Gasteiger partial charge in [-0.2, -0.15) is 28.5 Å². The fraction of sp³-hybridized carbons (Fsp3) is 0.100. The number of alkyl halides is 3. The molecule has 5 aromatic heterocycles. The number of pyridine rings is 2. The van der Waals surface area contributed by atoms with Crippen LogP contribution in [0.15, 0.2) is 55.2 Å². The lowest BCUT2D eigenvalue weighted by Crippen LogP contribution is -2.21. The van der Waals surface area contributed by atoms with Gasteiger partial charge in [0.25, 0.3) is 5.91 Å². The molecule has 5 rings (SSSR count). The van der Waals surface area contributed by atoms with Gasteiger partial charge < -0.3 is 5.32 Å². The van der Waals surface area contributed by atoms with Gasteiger partial charge in [-0.15, -0.1) is 4.80 Å². The van der Waals surface area contributed by atoms with Gasteiger partial charge in [-0.3, -0.25) is 9.20 Å². The zero-order valence-electron chi connectivity index (χ0n) is 17.2. The molecule has 0 saturated heterocycles. The smallest absolute Gasteiger partial charge is 0.320 e. The molecule has 0 saturated carbocycles. The third-order valence-corrected chi connectivity index (χ3v) is 5.15. The molecule has 0 aromatic carbocycles. The summed E-state index contributed by atoms with van der Waals surface area (Å²) in [4.78, 5) is 22.2. The highest BCUT2D eigenvalue weighted by Gasteiger charge is 2.41. The highest BCUT2D eigenvalue weighted by molar-refractivity contribution is 6.32. The molecule has 0 aliphatic rings. The summed E-state index contributed by atoms with van der Waals surface area (Å²) >= 11 is 6.18. The Hall–Kier alpha value is -4.26. The monoisotopic (exact) mass is 487 g/mol. The molecule has 0 radical (unpaired) electrons. The second-order valence-electron chi connectivity index (χ2n) is 7.10. The molecule has 34 heavy (non-hydrogen) atoms. The number of aryl methyl sites for hydroxylation is 1. The standard InChI is InChI=1S/C20H13ClF3N9O/c1-11-8-25-15-3-2-4-16(31(11)15)32-17(20(22,23)24)13(10-29-32)19(34)30-12-7-14(21)18(26-9-12)33-27-5-6-28-33/h2-10H,1H3,(H,30,34). The van der Waals surface area contributed by atoms with Crippen LogP contribution in [0.25, 0.3) is 17.3 Å². The Morgan fingerprint density at radius 3 is 2.53 bits per heavy atom. The van der Waals surface area contributed by atoms with E-state index in [9.17, 15) is 18.0 Å². The Balaban J connectivity index is 1.53. The fourth-order valence-electron chi connectivity index (χ4n) is 3.46. The van der Waals surface area contributed by atoms with Crippen molar-refractivity contribution in [2.24, 2.45) is 0 Å². The first kappa shape index (κ1) is 21.6. The molecular formula is C20H13ClF3N9O. The maximum atomic E-state index is 14.1. The number of nitrogens with one attached hydrogen (secondary N) is 1. The van der Waals surface area contributed by atoms with Gasteiger partial charge in [-0.25, -0.2) is 14.6 Å². The Kier molecular flexibility index (Phi) is 5.05. The second kappa shape index (κ2) is 7.95. The molecule has 0 spiro atoms. The van der Waals surface area contributed by atoms with Crippen LogP contribution in [0.5, 0.6) is 0 Å². The molecule has 0 bridgehead atoms. The average molecular weight is 488 g/mol. The largest absolute Gasteiger partial charge is 0.434 e. The normalized spacial score (nSPS) is 11.8. The summed E-state index contributed by atoms with van der Waals surface area (Å²) in [7, 11) is 0. The van der Waals surface area contributed by atoms with Crippen molar-refractivity contribution in [1.82, 2.24) is 39.1 Å². The van der Waals surface area contributed by atoms with E-state index >= 15 is 0 Å². The predicted molar refractivity (Wildman–Crippen MR) is 114 cm³/mol. The van der Waals surface area contributed by atoms with Crippen LogP contribution in [0.2, 0.25) is 5.02 Å². The van der Waals surface area contributed by atoms with E-state index in [-0.39, 0.29) is 22.3 Å².